The van der Waals surface area contributed by atoms with Crippen LogP contribution in [0.25, 0.3) is 10.9 Å². The zero-order valence-electron chi connectivity index (χ0n) is 19.3. The number of aromatic nitrogens is 1. The molecule has 0 aliphatic carbocycles. The van der Waals surface area contributed by atoms with E-state index < -0.39 is 10.0 Å². The maximum absolute atomic E-state index is 12.9. The monoisotopic (exact) mass is 499 g/mol. The molecule has 0 bridgehead atoms. The second kappa shape index (κ2) is 12.5. The molecule has 0 fully saturated rings. The number of hydrogen-bond acceptors (Lipinski definition) is 2. The van der Waals surface area contributed by atoms with Gasteiger partial charge in [0, 0.05) is 18.9 Å². The molecule has 0 N–H and O–H groups in total. The van der Waals surface area contributed by atoms with Gasteiger partial charge in [0.1, 0.15) is 0 Å². The van der Waals surface area contributed by atoms with Gasteiger partial charge in [-0.05, 0) is 29.8 Å². The quantitative estimate of drug-likeness (QED) is 0.197. The van der Waals surface area contributed by atoms with Gasteiger partial charge in [-0.1, -0.05) is 86.2 Å². The van der Waals surface area contributed by atoms with Gasteiger partial charge in [0.2, 0.25) is 0 Å². The number of para-hydroxylation sites is 1. The Morgan fingerprint density at radius 3 is 1.97 bits per heavy atom. The van der Waals surface area contributed by atoms with E-state index in [1.54, 1.807) is 42.5 Å². The third-order valence-electron chi connectivity index (χ3n) is 4.82. The smallest absolute Gasteiger partial charge is 0.333 e. The largest absolute Gasteiger partial charge is 2.00 e. The normalized spacial score (nSPS) is 10.9. The summed E-state index contributed by atoms with van der Waals surface area (Å²) in [5.74, 6) is 0. The Hall–Kier alpha value is -1.99. The van der Waals surface area contributed by atoms with Gasteiger partial charge in [-0.25, -0.2) is 8.42 Å². The fraction of sp³-hybridized carbons (Fsp3) is 0.148. The average Bonchev–Trinajstić information content (AvgIpc) is 3.14. The first-order chi connectivity index (χ1) is 14.7. The number of hydrogen-bond donors (Lipinski definition) is 0. The summed E-state index contributed by atoms with van der Waals surface area (Å²) in [5, 5.41) is 0.786. The third kappa shape index (κ3) is 7.00. The average molecular weight is 500 g/mol. The van der Waals surface area contributed by atoms with Gasteiger partial charge in [-0.15, -0.1) is 18.1 Å². The molecule has 3 aromatic carbocycles. The van der Waals surface area contributed by atoms with Crippen LogP contribution >= 0.6 is 0 Å². The zero-order chi connectivity index (χ0) is 22.5. The molecule has 0 aliphatic rings. The fourth-order valence-electron chi connectivity index (χ4n) is 3.24. The predicted molar refractivity (Wildman–Crippen MR) is 134 cm³/mol. The van der Waals surface area contributed by atoms with Crippen molar-refractivity contribution in [3.8, 4) is 0 Å². The van der Waals surface area contributed by atoms with Crippen LogP contribution in [0.1, 0.15) is 25.1 Å². The molecule has 1 heterocycles. The molecule has 3 nitrogen and oxygen atoms in total. The van der Waals surface area contributed by atoms with Gasteiger partial charge >= 0.3 is 17.1 Å². The Balaban J connectivity index is 0.000000388. The topological polar surface area (TPSA) is 39.1 Å². The summed E-state index contributed by atoms with van der Waals surface area (Å²) < 4.78 is 27.2. The molecule has 6 heteroatoms. The molecule has 0 amide bonds. The van der Waals surface area contributed by atoms with Gasteiger partial charge in [0.25, 0.3) is 10.0 Å². The number of rotatable bonds is 5. The van der Waals surface area contributed by atoms with E-state index in [-0.39, 0.29) is 46.2 Å². The Kier molecular flexibility index (Phi) is 11.0. The summed E-state index contributed by atoms with van der Waals surface area (Å²) in [4.78, 5) is 0.269. The van der Waals surface area contributed by atoms with Crippen molar-refractivity contribution in [2.75, 3.05) is 0 Å². The minimum absolute atomic E-state index is 0. The summed E-state index contributed by atoms with van der Waals surface area (Å²) in [6.07, 6.45) is 2.13. The molecule has 0 aliphatic heterocycles. The van der Waals surface area contributed by atoms with Crippen LogP contribution in [0.4, 0.5) is 0 Å². The van der Waals surface area contributed by atoms with Crippen molar-refractivity contribution in [3.05, 3.63) is 122 Å². The third-order valence-corrected chi connectivity index (χ3v) is 6.59. The molecule has 4 rings (SSSR count). The van der Waals surface area contributed by atoms with Crippen LogP contribution in [-0.4, -0.2) is 31.3 Å². The van der Waals surface area contributed by atoms with E-state index in [0.717, 1.165) is 5.39 Å². The molecule has 0 atom stereocenters. The Labute approximate surface area is 220 Å². The minimum Gasteiger partial charge on any atom is -0.333 e. The van der Waals surface area contributed by atoms with Crippen molar-refractivity contribution in [2.24, 2.45) is 0 Å². The van der Waals surface area contributed by atoms with E-state index in [2.05, 4.69) is 45.5 Å². The van der Waals surface area contributed by atoms with Crippen molar-refractivity contribution in [1.29, 1.82) is 0 Å². The molecule has 0 unspecified atom stereocenters. The molecule has 1 aromatic heterocycles. The van der Waals surface area contributed by atoms with E-state index in [1.807, 2.05) is 36.4 Å². The van der Waals surface area contributed by atoms with E-state index in [4.69, 9.17) is 0 Å². The number of benzene rings is 3. The molecule has 33 heavy (non-hydrogen) atoms. The maximum Gasteiger partial charge on any atom is 2.00 e. The van der Waals surface area contributed by atoms with Crippen molar-refractivity contribution in [2.45, 2.75) is 30.6 Å². The summed E-state index contributed by atoms with van der Waals surface area (Å²) in [6, 6.07) is 29.2. The van der Waals surface area contributed by atoms with E-state index in [0.29, 0.717) is 17.6 Å². The zero-order valence-corrected chi connectivity index (χ0v) is 21.0. The van der Waals surface area contributed by atoms with Crippen LogP contribution in [0.2, 0.25) is 0 Å². The van der Waals surface area contributed by atoms with Crippen molar-refractivity contribution >= 4 is 39.8 Å². The second-order valence-corrected chi connectivity index (χ2v) is 9.70. The summed E-state index contributed by atoms with van der Waals surface area (Å²) in [5.41, 5.74) is 2.56. The molecule has 170 valence electrons. The van der Waals surface area contributed by atoms with Gasteiger partial charge in [-0.3, -0.25) is 0 Å². The van der Waals surface area contributed by atoms with Crippen molar-refractivity contribution in [3.63, 3.8) is 0 Å². The summed E-state index contributed by atoms with van der Waals surface area (Å²) >= 11 is 0. The minimum atomic E-state index is -3.64. The molecule has 2 radical (unpaired) electrons. The maximum atomic E-state index is 12.9. The van der Waals surface area contributed by atoms with Crippen molar-refractivity contribution in [1.82, 2.24) is 3.97 Å². The van der Waals surface area contributed by atoms with Gasteiger partial charge < -0.3 is 10.9 Å². The number of fused-ring (bicyclic) bond motifs is 1. The molecule has 4 aromatic rings. The van der Waals surface area contributed by atoms with Gasteiger partial charge in [-0.2, -0.15) is 17.5 Å². The van der Waals surface area contributed by atoms with Crippen molar-refractivity contribution < 1.29 is 25.5 Å². The SMILES string of the molecule is C=CCc1[c-]c2ccccc2n1S(=O)(=O)c1ccccc1.[CH2-]C(C)(C)c1ccccc1.[Cu+2].[Li]. The van der Waals surface area contributed by atoms with Crippen LogP contribution in [0.3, 0.4) is 0 Å². The van der Waals surface area contributed by atoms with Crippen LogP contribution < -0.4 is 0 Å². The van der Waals surface area contributed by atoms with Gasteiger partial charge in [0.05, 0.1) is 4.90 Å². The molecule has 0 saturated heterocycles. The predicted octanol–water partition coefficient (Wildman–Crippen LogP) is 5.82. The summed E-state index contributed by atoms with van der Waals surface area (Å²) in [7, 11) is -3.64. The molecule has 0 spiro atoms. The first-order valence-electron chi connectivity index (χ1n) is 10.1. The Bertz CT molecular complexity index is 1260. The fourth-order valence-corrected chi connectivity index (χ4v) is 4.78. The number of allylic oxidation sites excluding steroid dienone is 1. The van der Waals surface area contributed by atoms with E-state index in [1.165, 1.54) is 9.54 Å². The van der Waals surface area contributed by atoms with Gasteiger partial charge in [0.15, 0.2) is 0 Å². The van der Waals surface area contributed by atoms with Crippen LogP contribution in [0, 0.1) is 13.0 Å². The van der Waals surface area contributed by atoms with Crippen LogP contribution in [0.15, 0.2) is 102 Å². The molecule has 0 saturated carbocycles. The summed E-state index contributed by atoms with van der Waals surface area (Å²) in [6.45, 7) is 12.0. The second-order valence-electron chi connectivity index (χ2n) is 7.91. The van der Waals surface area contributed by atoms with Crippen LogP contribution in [-0.2, 0) is 38.9 Å². The molecular formula is C27H27CuLiNO2S. The first kappa shape index (κ1) is 29.0. The Morgan fingerprint density at radius 2 is 1.45 bits per heavy atom. The number of nitrogens with zero attached hydrogens (tertiary/aromatic N) is 1. The van der Waals surface area contributed by atoms with E-state index in [9.17, 15) is 8.42 Å². The molecular weight excluding hydrogens is 473 g/mol. The van der Waals surface area contributed by atoms with Crippen LogP contribution in [0.5, 0.6) is 0 Å². The standard InChI is InChI=1S/C17H14NO2S.C10H13.Cu.Li/c1-2-8-15-13-14-9-6-7-12-17(14)18(15)21(19,20)16-10-4-3-5-11-16;1-10(2,3)9-7-5-4-6-8-9;;/h2-7,9-12H,1,8H2;4-8H,1H2,2-3H3;;/q2*-1;+2;. The Morgan fingerprint density at radius 1 is 0.939 bits per heavy atom. The van der Waals surface area contributed by atoms with E-state index >= 15 is 0 Å². The first-order valence-corrected chi connectivity index (χ1v) is 11.5.